The summed E-state index contributed by atoms with van der Waals surface area (Å²) in [6.45, 7) is 0. The second kappa shape index (κ2) is 5.59. The predicted molar refractivity (Wildman–Crippen MR) is 85.0 cm³/mol. The van der Waals surface area contributed by atoms with Gasteiger partial charge in [-0.1, -0.05) is 54.1 Å². The Kier molecular flexibility index (Phi) is 3.82. The first-order chi connectivity index (χ1) is 9.67. The molecular weight excluding hydrogens is 266 g/mol. The summed E-state index contributed by atoms with van der Waals surface area (Å²) in [5, 5.41) is 0.773. The van der Waals surface area contributed by atoms with Crippen molar-refractivity contribution in [2.75, 3.05) is 0 Å². The number of hydrogen-bond donors (Lipinski definition) is 1. The third-order valence-corrected chi connectivity index (χ3v) is 4.82. The lowest BCUT2D eigenvalue weighted by Gasteiger charge is -2.38. The molecule has 0 unspecified atom stereocenters. The molecule has 2 N–H and O–H groups in total. The molecular formula is C18H20ClN. The van der Waals surface area contributed by atoms with Crippen LogP contribution in [0, 0.1) is 0 Å². The normalized spacial score (nSPS) is 26.4. The maximum absolute atomic E-state index is 6.63. The molecule has 2 aromatic rings. The summed E-state index contributed by atoms with van der Waals surface area (Å²) < 4.78 is 0. The van der Waals surface area contributed by atoms with Crippen molar-refractivity contribution in [1.29, 1.82) is 0 Å². The van der Waals surface area contributed by atoms with E-state index in [2.05, 4.69) is 42.5 Å². The summed E-state index contributed by atoms with van der Waals surface area (Å²) in [5.41, 5.74) is 9.11. The highest BCUT2D eigenvalue weighted by Crippen LogP contribution is 2.41. The summed E-state index contributed by atoms with van der Waals surface area (Å²) in [6, 6.07) is 18.8. The average Bonchev–Trinajstić information content (AvgIpc) is 2.49. The summed E-state index contributed by atoms with van der Waals surface area (Å²) in [5.74, 6) is 0.653. The van der Waals surface area contributed by atoms with Crippen molar-refractivity contribution >= 4 is 11.6 Å². The third kappa shape index (κ3) is 2.74. The highest BCUT2D eigenvalue weighted by molar-refractivity contribution is 6.30. The number of hydrogen-bond acceptors (Lipinski definition) is 1. The van der Waals surface area contributed by atoms with Crippen LogP contribution < -0.4 is 5.73 Å². The molecule has 0 saturated heterocycles. The second-order valence-electron chi connectivity index (χ2n) is 5.85. The predicted octanol–water partition coefficient (Wildman–Crippen LogP) is 4.85. The van der Waals surface area contributed by atoms with E-state index in [-0.39, 0.29) is 5.54 Å². The molecule has 104 valence electrons. The zero-order valence-corrected chi connectivity index (χ0v) is 12.3. The van der Waals surface area contributed by atoms with Gasteiger partial charge in [-0.05, 0) is 54.9 Å². The average molecular weight is 286 g/mol. The van der Waals surface area contributed by atoms with E-state index in [0.717, 1.165) is 30.7 Å². The Labute approximate surface area is 125 Å². The number of benzene rings is 2. The molecule has 0 bridgehead atoms. The van der Waals surface area contributed by atoms with E-state index in [4.69, 9.17) is 17.3 Å². The molecule has 1 nitrogen and oxygen atoms in total. The van der Waals surface area contributed by atoms with Crippen LogP contribution in [-0.2, 0) is 5.54 Å². The van der Waals surface area contributed by atoms with Crippen LogP contribution in [-0.4, -0.2) is 0 Å². The van der Waals surface area contributed by atoms with Gasteiger partial charge in [0, 0.05) is 10.6 Å². The first kappa shape index (κ1) is 13.7. The van der Waals surface area contributed by atoms with Crippen molar-refractivity contribution in [1.82, 2.24) is 0 Å². The third-order valence-electron chi connectivity index (χ3n) is 4.57. The molecule has 2 aromatic carbocycles. The van der Waals surface area contributed by atoms with Gasteiger partial charge in [-0.3, -0.25) is 0 Å². The van der Waals surface area contributed by atoms with Crippen molar-refractivity contribution in [3.8, 4) is 0 Å². The van der Waals surface area contributed by atoms with Gasteiger partial charge in [0.25, 0.3) is 0 Å². The van der Waals surface area contributed by atoms with Gasteiger partial charge in [0.15, 0.2) is 0 Å². The molecule has 0 atom stereocenters. The fourth-order valence-corrected chi connectivity index (χ4v) is 3.39. The van der Waals surface area contributed by atoms with Crippen LogP contribution in [0.4, 0.5) is 0 Å². The lowest BCUT2D eigenvalue weighted by Crippen LogP contribution is -2.40. The minimum atomic E-state index is -0.185. The molecule has 2 heteroatoms. The van der Waals surface area contributed by atoms with Crippen LogP contribution in [0.2, 0.25) is 5.02 Å². The Morgan fingerprint density at radius 3 is 2.10 bits per heavy atom. The molecule has 3 rings (SSSR count). The molecule has 1 saturated carbocycles. The molecule has 0 heterocycles. The summed E-state index contributed by atoms with van der Waals surface area (Å²) in [4.78, 5) is 0. The molecule has 1 aliphatic rings. The van der Waals surface area contributed by atoms with Gasteiger partial charge in [0.1, 0.15) is 0 Å². The van der Waals surface area contributed by atoms with Crippen molar-refractivity contribution in [3.05, 3.63) is 70.7 Å². The van der Waals surface area contributed by atoms with Crippen LogP contribution in [0.25, 0.3) is 0 Å². The van der Waals surface area contributed by atoms with Crippen molar-refractivity contribution in [2.45, 2.75) is 37.1 Å². The summed E-state index contributed by atoms with van der Waals surface area (Å²) >= 11 is 5.96. The largest absolute Gasteiger partial charge is 0.321 e. The van der Waals surface area contributed by atoms with E-state index in [9.17, 15) is 0 Å². The molecule has 0 aromatic heterocycles. The Balaban J connectivity index is 1.73. The molecule has 1 fully saturated rings. The first-order valence-corrected chi connectivity index (χ1v) is 7.65. The molecule has 0 amide bonds. The standard InChI is InChI=1S/C18H20ClN/c19-17-8-6-16(7-9-17)18(20)12-10-15(11-13-18)14-4-2-1-3-5-14/h1-9,15H,10-13,20H2. The van der Waals surface area contributed by atoms with Crippen molar-refractivity contribution < 1.29 is 0 Å². The lowest BCUT2D eigenvalue weighted by molar-refractivity contribution is 0.277. The minimum absolute atomic E-state index is 0.185. The van der Waals surface area contributed by atoms with Crippen LogP contribution in [0.1, 0.15) is 42.7 Å². The SMILES string of the molecule is NC1(c2ccc(Cl)cc2)CCC(c2ccccc2)CC1. The molecule has 20 heavy (non-hydrogen) atoms. The molecule has 1 aliphatic carbocycles. The van der Waals surface area contributed by atoms with Gasteiger partial charge in [0.2, 0.25) is 0 Å². The highest BCUT2D eigenvalue weighted by Gasteiger charge is 2.33. The van der Waals surface area contributed by atoms with Gasteiger partial charge in [0.05, 0.1) is 0 Å². The monoisotopic (exact) mass is 285 g/mol. The van der Waals surface area contributed by atoms with Gasteiger partial charge in [-0.2, -0.15) is 0 Å². The van der Waals surface area contributed by atoms with Crippen LogP contribution in [0.15, 0.2) is 54.6 Å². The summed E-state index contributed by atoms with van der Waals surface area (Å²) in [7, 11) is 0. The molecule has 0 spiro atoms. The van der Waals surface area contributed by atoms with Crippen LogP contribution in [0.3, 0.4) is 0 Å². The zero-order valence-electron chi connectivity index (χ0n) is 11.6. The summed E-state index contributed by atoms with van der Waals surface area (Å²) in [6.07, 6.45) is 4.38. The first-order valence-electron chi connectivity index (χ1n) is 7.27. The van der Waals surface area contributed by atoms with E-state index in [1.807, 2.05) is 12.1 Å². The Hall–Kier alpha value is -1.31. The quantitative estimate of drug-likeness (QED) is 0.838. The van der Waals surface area contributed by atoms with Crippen LogP contribution >= 0.6 is 11.6 Å². The van der Waals surface area contributed by atoms with E-state index in [1.54, 1.807) is 0 Å². The second-order valence-corrected chi connectivity index (χ2v) is 6.28. The van der Waals surface area contributed by atoms with Crippen molar-refractivity contribution in [2.24, 2.45) is 5.73 Å². The zero-order chi connectivity index (χ0) is 14.0. The maximum Gasteiger partial charge on any atom is 0.0410 e. The number of rotatable bonds is 2. The number of nitrogens with two attached hydrogens (primary N) is 1. The lowest BCUT2D eigenvalue weighted by atomic mass is 9.71. The maximum atomic E-state index is 6.63. The number of halogens is 1. The minimum Gasteiger partial charge on any atom is -0.321 e. The highest BCUT2D eigenvalue weighted by atomic mass is 35.5. The van der Waals surface area contributed by atoms with Gasteiger partial charge >= 0.3 is 0 Å². The van der Waals surface area contributed by atoms with E-state index >= 15 is 0 Å². The van der Waals surface area contributed by atoms with Gasteiger partial charge < -0.3 is 5.73 Å². The van der Waals surface area contributed by atoms with Gasteiger partial charge in [-0.25, -0.2) is 0 Å². The Morgan fingerprint density at radius 1 is 0.900 bits per heavy atom. The van der Waals surface area contributed by atoms with E-state index < -0.39 is 0 Å². The van der Waals surface area contributed by atoms with Gasteiger partial charge in [-0.15, -0.1) is 0 Å². The van der Waals surface area contributed by atoms with Crippen LogP contribution in [0.5, 0.6) is 0 Å². The molecule has 0 radical (unpaired) electrons. The Bertz CT molecular complexity index is 554. The fraction of sp³-hybridized carbons (Fsp3) is 0.333. The Morgan fingerprint density at radius 2 is 1.50 bits per heavy atom. The topological polar surface area (TPSA) is 26.0 Å². The van der Waals surface area contributed by atoms with E-state index in [1.165, 1.54) is 11.1 Å². The molecule has 0 aliphatic heterocycles. The fourth-order valence-electron chi connectivity index (χ4n) is 3.26. The van der Waals surface area contributed by atoms with E-state index in [0.29, 0.717) is 5.92 Å². The van der Waals surface area contributed by atoms with Crippen molar-refractivity contribution in [3.63, 3.8) is 0 Å². The smallest absolute Gasteiger partial charge is 0.0410 e.